The van der Waals surface area contributed by atoms with Crippen molar-refractivity contribution in [2.45, 2.75) is 12.1 Å². The lowest BCUT2D eigenvalue weighted by Crippen LogP contribution is -2.37. The lowest BCUT2D eigenvalue weighted by atomic mass is 10.1. The Bertz CT molecular complexity index is 714. The van der Waals surface area contributed by atoms with E-state index in [1.54, 1.807) is 24.3 Å². The minimum absolute atomic E-state index is 0.128. The van der Waals surface area contributed by atoms with Gasteiger partial charge in [-0.05, 0) is 12.1 Å². The summed E-state index contributed by atoms with van der Waals surface area (Å²) in [6.07, 6.45) is 0. The molecule has 0 saturated carbocycles. The number of hydrogen-bond acceptors (Lipinski definition) is 6. The highest BCUT2D eigenvalue weighted by molar-refractivity contribution is 5.77. The molecule has 138 valence electrons. The number of phenolic OH excluding ortho intramolecular Hbond substituents is 2. The Morgan fingerprint density at radius 3 is 1.38 bits per heavy atom. The molecular weight excluding hydrogens is 340 g/mol. The number of carboxylic acids is 2. The number of para-hydroxylation sites is 2. The summed E-state index contributed by atoms with van der Waals surface area (Å²) in [5.74, 6) is -2.61. The molecule has 0 heterocycles. The van der Waals surface area contributed by atoms with Crippen LogP contribution < -0.4 is 10.6 Å². The van der Waals surface area contributed by atoms with Crippen LogP contribution in [0, 0.1) is 0 Å². The number of nitrogens with one attached hydrogen (secondary N) is 2. The lowest BCUT2D eigenvalue weighted by molar-refractivity contribution is -0.141. The zero-order chi connectivity index (χ0) is 19.1. The molecule has 0 saturated heterocycles. The number of carbonyl (C=O) groups is 2. The van der Waals surface area contributed by atoms with Gasteiger partial charge in [0.1, 0.15) is 23.6 Å². The number of benzene rings is 2. The predicted octanol–water partition coefficient (Wildman–Crippen LogP) is 1.23. The van der Waals surface area contributed by atoms with Crippen LogP contribution in [0.25, 0.3) is 0 Å². The van der Waals surface area contributed by atoms with Gasteiger partial charge in [0.15, 0.2) is 0 Å². The molecule has 8 nitrogen and oxygen atoms in total. The first-order valence-electron chi connectivity index (χ1n) is 7.90. The third-order valence-corrected chi connectivity index (χ3v) is 3.81. The number of phenols is 2. The summed E-state index contributed by atoms with van der Waals surface area (Å²) < 4.78 is 0. The van der Waals surface area contributed by atoms with E-state index in [-0.39, 0.29) is 35.7 Å². The van der Waals surface area contributed by atoms with Gasteiger partial charge in [0.25, 0.3) is 0 Å². The molecule has 2 aromatic rings. The van der Waals surface area contributed by atoms with Crippen molar-refractivity contribution in [1.29, 1.82) is 0 Å². The molecule has 0 spiro atoms. The van der Waals surface area contributed by atoms with Gasteiger partial charge in [-0.3, -0.25) is 20.2 Å². The van der Waals surface area contributed by atoms with Crippen molar-refractivity contribution in [3.05, 3.63) is 59.7 Å². The van der Waals surface area contributed by atoms with Crippen LogP contribution in [-0.4, -0.2) is 45.5 Å². The highest BCUT2D eigenvalue weighted by atomic mass is 16.4. The van der Waals surface area contributed by atoms with Gasteiger partial charge in [-0.1, -0.05) is 36.4 Å². The third kappa shape index (κ3) is 4.71. The number of carboxylic acid groups (broad SMARTS) is 2. The first kappa shape index (κ1) is 19.2. The summed E-state index contributed by atoms with van der Waals surface area (Å²) in [4.78, 5) is 22.9. The molecule has 0 bridgehead atoms. The van der Waals surface area contributed by atoms with Gasteiger partial charge in [-0.2, -0.15) is 0 Å². The molecular formula is C18H20N2O6. The molecule has 2 atom stereocenters. The van der Waals surface area contributed by atoms with E-state index in [2.05, 4.69) is 10.6 Å². The summed E-state index contributed by atoms with van der Waals surface area (Å²) in [6.45, 7) is 0.255. The highest BCUT2D eigenvalue weighted by Crippen LogP contribution is 2.25. The standard InChI is InChI=1S/C18H20N2O6/c21-13-7-3-1-5-11(13)15(17(23)24)19-9-10-20-16(18(25)26)12-6-2-4-8-14(12)22/h1-8,15-16,19-22H,9-10H2,(H,23,24)(H,25,26)/t15-,16-/m1/s1. The van der Waals surface area contributed by atoms with Crippen molar-refractivity contribution >= 4 is 11.9 Å². The Labute approximate surface area is 149 Å². The second-order valence-corrected chi connectivity index (χ2v) is 5.57. The van der Waals surface area contributed by atoms with Crippen LogP contribution in [0.5, 0.6) is 11.5 Å². The first-order chi connectivity index (χ1) is 12.4. The molecule has 0 aromatic heterocycles. The summed E-state index contributed by atoms with van der Waals surface area (Å²) in [6, 6.07) is 9.91. The quantitative estimate of drug-likeness (QED) is 0.367. The maximum absolute atomic E-state index is 11.4. The normalized spacial score (nSPS) is 13.1. The van der Waals surface area contributed by atoms with Gasteiger partial charge in [0, 0.05) is 24.2 Å². The minimum Gasteiger partial charge on any atom is -0.508 e. The number of aromatic hydroxyl groups is 2. The van der Waals surface area contributed by atoms with Gasteiger partial charge in [0.05, 0.1) is 0 Å². The van der Waals surface area contributed by atoms with E-state index in [9.17, 15) is 30.0 Å². The number of aliphatic carboxylic acids is 2. The molecule has 0 aliphatic heterocycles. The Kier molecular flexibility index (Phi) is 6.54. The molecule has 8 heteroatoms. The lowest BCUT2D eigenvalue weighted by Gasteiger charge is -2.19. The van der Waals surface area contributed by atoms with Gasteiger partial charge in [-0.15, -0.1) is 0 Å². The van der Waals surface area contributed by atoms with Crippen molar-refractivity contribution in [1.82, 2.24) is 10.6 Å². The summed E-state index contributed by atoms with van der Waals surface area (Å²) in [5, 5.41) is 43.8. The molecule has 0 radical (unpaired) electrons. The fourth-order valence-corrected chi connectivity index (χ4v) is 2.56. The van der Waals surface area contributed by atoms with Crippen LogP contribution in [0.2, 0.25) is 0 Å². The zero-order valence-corrected chi connectivity index (χ0v) is 13.8. The number of rotatable bonds is 9. The average Bonchev–Trinajstić information content (AvgIpc) is 2.59. The molecule has 0 amide bonds. The van der Waals surface area contributed by atoms with Crippen LogP contribution in [0.3, 0.4) is 0 Å². The molecule has 0 aliphatic carbocycles. The van der Waals surface area contributed by atoms with E-state index in [0.717, 1.165) is 0 Å². The van der Waals surface area contributed by atoms with E-state index < -0.39 is 24.0 Å². The van der Waals surface area contributed by atoms with Crippen molar-refractivity contribution in [3.63, 3.8) is 0 Å². The van der Waals surface area contributed by atoms with E-state index in [1.807, 2.05) is 0 Å². The molecule has 2 rings (SSSR count). The van der Waals surface area contributed by atoms with Crippen LogP contribution in [-0.2, 0) is 9.59 Å². The molecule has 0 aliphatic rings. The predicted molar refractivity (Wildman–Crippen MR) is 93.0 cm³/mol. The van der Waals surface area contributed by atoms with Crippen molar-refractivity contribution in [2.24, 2.45) is 0 Å². The maximum atomic E-state index is 11.4. The summed E-state index contributed by atoms with van der Waals surface area (Å²) in [7, 11) is 0. The van der Waals surface area contributed by atoms with Crippen molar-refractivity contribution < 1.29 is 30.0 Å². The molecule has 0 fully saturated rings. The molecule has 0 unspecified atom stereocenters. The Morgan fingerprint density at radius 1 is 0.731 bits per heavy atom. The van der Waals surface area contributed by atoms with Crippen LogP contribution in [0.1, 0.15) is 23.2 Å². The van der Waals surface area contributed by atoms with Gasteiger partial charge < -0.3 is 20.4 Å². The SMILES string of the molecule is O=C(O)[C@H](NCCN[C@@H](C(=O)O)c1ccccc1O)c1ccccc1O. The van der Waals surface area contributed by atoms with Crippen LogP contribution >= 0.6 is 0 Å². The Balaban J connectivity index is 1.99. The van der Waals surface area contributed by atoms with Crippen molar-refractivity contribution in [3.8, 4) is 11.5 Å². The Morgan fingerprint density at radius 2 is 1.08 bits per heavy atom. The fraction of sp³-hybridized carbons (Fsp3) is 0.222. The average molecular weight is 360 g/mol. The molecule has 6 N–H and O–H groups in total. The fourth-order valence-electron chi connectivity index (χ4n) is 2.56. The molecule has 26 heavy (non-hydrogen) atoms. The van der Waals surface area contributed by atoms with E-state index in [0.29, 0.717) is 0 Å². The van der Waals surface area contributed by atoms with Crippen LogP contribution in [0.4, 0.5) is 0 Å². The first-order valence-corrected chi connectivity index (χ1v) is 7.90. The monoisotopic (exact) mass is 360 g/mol. The van der Waals surface area contributed by atoms with E-state index in [4.69, 9.17) is 0 Å². The minimum atomic E-state index is -1.16. The van der Waals surface area contributed by atoms with Crippen LogP contribution in [0.15, 0.2) is 48.5 Å². The topological polar surface area (TPSA) is 139 Å². The largest absolute Gasteiger partial charge is 0.508 e. The maximum Gasteiger partial charge on any atom is 0.325 e. The summed E-state index contributed by atoms with van der Waals surface area (Å²) in [5.41, 5.74) is 0.436. The molecule has 2 aromatic carbocycles. The summed E-state index contributed by atoms with van der Waals surface area (Å²) >= 11 is 0. The van der Waals surface area contributed by atoms with E-state index >= 15 is 0 Å². The second-order valence-electron chi connectivity index (χ2n) is 5.57. The number of hydrogen-bond donors (Lipinski definition) is 6. The smallest absolute Gasteiger partial charge is 0.325 e. The Hall–Kier alpha value is -3.10. The van der Waals surface area contributed by atoms with Gasteiger partial charge in [-0.25, -0.2) is 0 Å². The second kappa shape index (κ2) is 8.84. The van der Waals surface area contributed by atoms with Gasteiger partial charge in [0.2, 0.25) is 0 Å². The van der Waals surface area contributed by atoms with E-state index in [1.165, 1.54) is 24.3 Å². The highest BCUT2D eigenvalue weighted by Gasteiger charge is 2.24. The van der Waals surface area contributed by atoms with Gasteiger partial charge >= 0.3 is 11.9 Å². The zero-order valence-electron chi connectivity index (χ0n) is 13.8. The van der Waals surface area contributed by atoms with Crippen molar-refractivity contribution in [2.75, 3.05) is 13.1 Å². The third-order valence-electron chi connectivity index (χ3n) is 3.81.